The molecule has 0 aliphatic carbocycles. The average Bonchev–Trinajstić information content (AvgIpc) is 3.00. The van der Waals surface area contributed by atoms with Crippen molar-refractivity contribution in [1.82, 2.24) is 5.32 Å². The zero-order valence-electron chi connectivity index (χ0n) is 16.8. The van der Waals surface area contributed by atoms with Crippen molar-refractivity contribution in [1.29, 1.82) is 5.26 Å². The molecular weight excluding hydrogens is 387 g/mol. The Morgan fingerprint density at radius 2 is 2.07 bits per heavy atom. The summed E-state index contributed by atoms with van der Waals surface area (Å²) < 4.78 is 45.6. The fraction of sp³-hybridized carbons (Fsp3) is 0.550. The number of amides is 1. The largest absolute Gasteiger partial charge is 0.417 e. The van der Waals surface area contributed by atoms with Gasteiger partial charge in [0.2, 0.25) is 5.91 Å². The standard InChI is InChI=1S/C20H24F3N3O3/c1-18(7-8-19(2,25-3)29-18)14(12-27)9-17(28)26(4)15-6-5-13(11-24)16(10-15)20(21,22)23/h5-6,10,12,14,25H,7-9H2,1-4H3. The van der Waals surface area contributed by atoms with Crippen LogP contribution in [0.3, 0.4) is 0 Å². The maximum Gasteiger partial charge on any atom is 0.417 e. The number of aldehydes is 1. The van der Waals surface area contributed by atoms with Gasteiger partial charge < -0.3 is 14.4 Å². The first-order valence-corrected chi connectivity index (χ1v) is 9.11. The van der Waals surface area contributed by atoms with Gasteiger partial charge in [0.15, 0.2) is 0 Å². The molecule has 1 saturated heterocycles. The lowest BCUT2D eigenvalue weighted by Gasteiger charge is -2.34. The number of nitriles is 1. The van der Waals surface area contributed by atoms with Gasteiger partial charge in [-0.05, 0) is 51.9 Å². The number of alkyl halides is 3. The first-order valence-electron chi connectivity index (χ1n) is 9.11. The summed E-state index contributed by atoms with van der Waals surface area (Å²) in [6, 6.07) is 4.56. The van der Waals surface area contributed by atoms with Crippen molar-refractivity contribution in [3.63, 3.8) is 0 Å². The second-order valence-corrected chi connectivity index (χ2v) is 7.63. The van der Waals surface area contributed by atoms with Crippen molar-refractivity contribution in [3.05, 3.63) is 29.3 Å². The number of hydrogen-bond donors (Lipinski definition) is 1. The smallest absolute Gasteiger partial charge is 0.354 e. The predicted molar refractivity (Wildman–Crippen MR) is 99.9 cm³/mol. The number of halogens is 3. The molecule has 158 valence electrons. The number of carbonyl (C=O) groups excluding carboxylic acids is 2. The van der Waals surface area contributed by atoms with Crippen LogP contribution in [0.15, 0.2) is 18.2 Å². The summed E-state index contributed by atoms with van der Waals surface area (Å²) in [5.74, 6) is -1.28. The van der Waals surface area contributed by atoms with E-state index in [2.05, 4.69) is 5.32 Å². The van der Waals surface area contributed by atoms with E-state index < -0.39 is 40.5 Å². The normalized spacial score (nSPS) is 25.3. The highest BCUT2D eigenvalue weighted by atomic mass is 19.4. The van der Waals surface area contributed by atoms with Gasteiger partial charge in [0.1, 0.15) is 12.0 Å². The van der Waals surface area contributed by atoms with E-state index in [4.69, 9.17) is 10.00 Å². The number of hydrogen-bond acceptors (Lipinski definition) is 5. The first-order chi connectivity index (χ1) is 13.4. The molecule has 1 fully saturated rings. The van der Waals surface area contributed by atoms with E-state index in [0.29, 0.717) is 19.1 Å². The summed E-state index contributed by atoms with van der Waals surface area (Å²) >= 11 is 0. The number of benzene rings is 1. The van der Waals surface area contributed by atoms with Crippen LogP contribution in [0.1, 0.15) is 44.2 Å². The lowest BCUT2D eigenvalue weighted by Crippen LogP contribution is -2.46. The SMILES string of the molecule is CNC1(C)CCC(C)(C(C=O)CC(=O)N(C)c2ccc(C#N)c(C(F)(F)F)c2)O1. The Balaban J connectivity index is 2.22. The highest BCUT2D eigenvalue weighted by Gasteiger charge is 2.48. The second kappa shape index (κ2) is 8.13. The van der Waals surface area contributed by atoms with Gasteiger partial charge in [0.05, 0.1) is 28.7 Å². The minimum absolute atomic E-state index is 0.0106. The van der Waals surface area contributed by atoms with E-state index in [-0.39, 0.29) is 12.1 Å². The number of nitrogens with zero attached hydrogens (tertiary/aromatic N) is 2. The topological polar surface area (TPSA) is 82.4 Å². The fourth-order valence-corrected chi connectivity index (χ4v) is 3.49. The van der Waals surface area contributed by atoms with E-state index in [9.17, 15) is 22.8 Å². The molecule has 0 bridgehead atoms. The van der Waals surface area contributed by atoms with E-state index in [1.54, 1.807) is 14.0 Å². The monoisotopic (exact) mass is 411 g/mol. The van der Waals surface area contributed by atoms with Crippen molar-refractivity contribution < 1.29 is 27.5 Å². The van der Waals surface area contributed by atoms with Crippen molar-refractivity contribution in [2.45, 2.75) is 50.6 Å². The minimum atomic E-state index is -4.72. The van der Waals surface area contributed by atoms with Crippen molar-refractivity contribution in [2.24, 2.45) is 5.92 Å². The van der Waals surface area contributed by atoms with E-state index in [1.165, 1.54) is 19.2 Å². The molecular formula is C20H24F3N3O3. The Labute approximate surface area is 167 Å². The number of ether oxygens (including phenoxy) is 1. The Kier molecular flexibility index (Phi) is 6.40. The van der Waals surface area contributed by atoms with E-state index >= 15 is 0 Å². The van der Waals surface area contributed by atoms with Gasteiger partial charge in [-0.15, -0.1) is 0 Å². The van der Waals surface area contributed by atoms with Gasteiger partial charge in [-0.3, -0.25) is 10.1 Å². The number of anilines is 1. The van der Waals surface area contributed by atoms with E-state index in [1.807, 2.05) is 6.92 Å². The Morgan fingerprint density at radius 1 is 1.41 bits per heavy atom. The van der Waals surface area contributed by atoms with Gasteiger partial charge in [0.25, 0.3) is 0 Å². The molecule has 2 rings (SSSR count). The molecule has 9 heteroatoms. The molecule has 1 N–H and O–H groups in total. The first kappa shape index (κ1) is 22.8. The summed E-state index contributed by atoms with van der Waals surface area (Å²) in [4.78, 5) is 25.5. The zero-order valence-corrected chi connectivity index (χ0v) is 16.8. The fourth-order valence-electron chi connectivity index (χ4n) is 3.49. The minimum Gasteiger partial charge on any atom is -0.354 e. The van der Waals surface area contributed by atoms with Crippen molar-refractivity contribution in [3.8, 4) is 6.07 Å². The number of rotatable bonds is 6. The molecule has 1 aliphatic rings. The van der Waals surface area contributed by atoms with Gasteiger partial charge in [-0.1, -0.05) is 0 Å². The Bertz CT molecular complexity index is 836. The predicted octanol–water partition coefficient (Wildman–Crippen LogP) is 3.25. The summed E-state index contributed by atoms with van der Waals surface area (Å²) in [6.07, 6.45) is -3.07. The number of carbonyl (C=O) groups is 2. The third-order valence-electron chi connectivity index (χ3n) is 5.62. The van der Waals surface area contributed by atoms with Crippen LogP contribution in [0.2, 0.25) is 0 Å². The van der Waals surface area contributed by atoms with Gasteiger partial charge in [-0.25, -0.2) is 0 Å². The van der Waals surface area contributed by atoms with Crippen LogP contribution >= 0.6 is 0 Å². The summed E-state index contributed by atoms with van der Waals surface area (Å²) in [5.41, 5.74) is -3.12. The average molecular weight is 411 g/mol. The summed E-state index contributed by atoms with van der Waals surface area (Å²) in [5, 5.41) is 11.9. The van der Waals surface area contributed by atoms with Gasteiger partial charge in [-0.2, -0.15) is 18.4 Å². The quantitative estimate of drug-likeness (QED) is 0.727. The van der Waals surface area contributed by atoms with E-state index in [0.717, 1.165) is 17.0 Å². The van der Waals surface area contributed by atoms with Gasteiger partial charge >= 0.3 is 6.18 Å². The van der Waals surface area contributed by atoms with Crippen LogP contribution in [0.4, 0.5) is 18.9 Å². The second-order valence-electron chi connectivity index (χ2n) is 7.63. The lowest BCUT2D eigenvalue weighted by molar-refractivity contribution is -0.145. The van der Waals surface area contributed by atoms with Crippen molar-refractivity contribution in [2.75, 3.05) is 19.0 Å². The van der Waals surface area contributed by atoms with Crippen LogP contribution in [-0.2, 0) is 20.5 Å². The molecule has 0 radical (unpaired) electrons. The molecule has 1 aromatic rings. The third kappa shape index (κ3) is 4.77. The molecule has 6 nitrogen and oxygen atoms in total. The molecule has 3 unspecified atom stereocenters. The Morgan fingerprint density at radius 3 is 2.55 bits per heavy atom. The van der Waals surface area contributed by atoms with Crippen LogP contribution in [0.5, 0.6) is 0 Å². The maximum absolute atomic E-state index is 13.2. The van der Waals surface area contributed by atoms with Crippen LogP contribution in [-0.4, -0.2) is 37.6 Å². The van der Waals surface area contributed by atoms with Crippen LogP contribution < -0.4 is 10.2 Å². The molecule has 0 saturated carbocycles. The zero-order chi connectivity index (χ0) is 22.0. The number of nitrogens with one attached hydrogen (secondary N) is 1. The molecule has 0 spiro atoms. The van der Waals surface area contributed by atoms with Crippen molar-refractivity contribution >= 4 is 17.9 Å². The van der Waals surface area contributed by atoms with Crippen LogP contribution in [0, 0.1) is 17.2 Å². The molecule has 29 heavy (non-hydrogen) atoms. The third-order valence-corrected chi connectivity index (χ3v) is 5.62. The molecule has 1 heterocycles. The van der Waals surface area contributed by atoms with Gasteiger partial charge in [0, 0.05) is 19.2 Å². The maximum atomic E-state index is 13.2. The highest BCUT2D eigenvalue weighted by Crippen LogP contribution is 2.41. The Hall–Kier alpha value is -2.44. The molecule has 0 aromatic heterocycles. The summed E-state index contributed by atoms with van der Waals surface area (Å²) in [6.45, 7) is 3.61. The molecule has 1 aromatic carbocycles. The molecule has 3 atom stereocenters. The highest BCUT2D eigenvalue weighted by molar-refractivity contribution is 5.94. The summed E-state index contributed by atoms with van der Waals surface area (Å²) in [7, 11) is 3.07. The molecule has 1 amide bonds. The lowest BCUT2D eigenvalue weighted by atomic mass is 9.84. The van der Waals surface area contributed by atoms with Crippen LogP contribution in [0.25, 0.3) is 0 Å². The molecule has 1 aliphatic heterocycles.